The summed E-state index contributed by atoms with van der Waals surface area (Å²) in [5.41, 5.74) is 0.496. The predicted molar refractivity (Wildman–Crippen MR) is 90.2 cm³/mol. The number of nitrogens with zero attached hydrogens (tertiary/aromatic N) is 1. The summed E-state index contributed by atoms with van der Waals surface area (Å²) in [4.78, 5) is 15.6. The molecule has 0 spiro atoms. The Labute approximate surface area is 141 Å². The third-order valence-electron chi connectivity index (χ3n) is 4.56. The lowest BCUT2D eigenvalue weighted by Crippen LogP contribution is -2.39. The van der Waals surface area contributed by atoms with Gasteiger partial charge in [-0.1, -0.05) is 42.2 Å². The minimum Gasteiger partial charge on any atom is -0.481 e. The van der Waals surface area contributed by atoms with E-state index in [4.69, 9.17) is 0 Å². The molecular weight excluding hydrogens is 302 g/mol. The lowest BCUT2D eigenvalue weighted by atomic mass is 9.69. The minimum absolute atomic E-state index is 0.245. The Hall–Kier alpha value is -2.64. The summed E-state index contributed by atoms with van der Waals surface area (Å²) in [5, 5.41) is 20.4. The van der Waals surface area contributed by atoms with Gasteiger partial charge in [-0.05, 0) is 37.0 Å². The van der Waals surface area contributed by atoms with Gasteiger partial charge < -0.3 is 10.2 Å². The summed E-state index contributed by atoms with van der Waals surface area (Å²) in [5.74, 6) is 4.36. The van der Waals surface area contributed by atoms with Gasteiger partial charge in [-0.2, -0.15) is 0 Å². The summed E-state index contributed by atoms with van der Waals surface area (Å²) in [7, 11) is 0. The topological polar surface area (TPSA) is 70.4 Å². The summed E-state index contributed by atoms with van der Waals surface area (Å²) >= 11 is 0. The molecule has 0 saturated heterocycles. The van der Waals surface area contributed by atoms with Crippen LogP contribution in [-0.2, 0) is 4.79 Å². The smallest absolute Gasteiger partial charge is 0.307 e. The molecule has 0 aliphatic heterocycles. The van der Waals surface area contributed by atoms with Crippen LogP contribution >= 0.6 is 0 Å². The molecule has 122 valence electrons. The fraction of sp³-hybridized carbons (Fsp3) is 0.300. The number of carbonyl (C=O) groups is 1. The number of aromatic nitrogens is 1. The van der Waals surface area contributed by atoms with Crippen LogP contribution < -0.4 is 0 Å². The van der Waals surface area contributed by atoms with E-state index in [-0.39, 0.29) is 5.92 Å². The molecule has 3 atom stereocenters. The number of pyridine rings is 1. The first-order chi connectivity index (χ1) is 11.6. The Bertz CT molecular complexity index is 764. The molecule has 2 N–H and O–H groups in total. The van der Waals surface area contributed by atoms with Gasteiger partial charge in [-0.3, -0.25) is 9.78 Å². The van der Waals surface area contributed by atoms with Crippen molar-refractivity contribution in [2.45, 2.75) is 30.8 Å². The van der Waals surface area contributed by atoms with Crippen LogP contribution in [0.5, 0.6) is 0 Å². The molecule has 3 rings (SSSR count). The molecule has 0 radical (unpaired) electrons. The van der Waals surface area contributed by atoms with Gasteiger partial charge in [-0.25, -0.2) is 0 Å². The van der Waals surface area contributed by atoms with E-state index < -0.39 is 17.5 Å². The zero-order chi connectivity index (χ0) is 17.0. The summed E-state index contributed by atoms with van der Waals surface area (Å²) < 4.78 is 0. The second-order valence-corrected chi connectivity index (χ2v) is 6.23. The molecular formula is C20H19NO3. The van der Waals surface area contributed by atoms with Gasteiger partial charge in [0.1, 0.15) is 5.60 Å². The van der Waals surface area contributed by atoms with Crippen LogP contribution in [0.25, 0.3) is 0 Å². The lowest BCUT2D eigenvalue weighted by molar-refractivity contribution is -0.145. The Morgan fingerprint density at radius 2 is 2.00 bits per heavy atom. The number of hydrogen-bond donors (Lipinski definition) is 2. The van der Waals surface area contributed by atoms with Gasteiger partial charge in [0.2, 0.25) is 0 Å². The van der Waals surface area contributed by atoms with Crippen LogP contribution in [0.3, 0.4) is 0 Å². The number of hydrogen-bond acceptors (Lipinski definition) is 3. The van der Waals surface area contributed by atoms with Gasteiger partial charge in [0.15, 0.2) is 0 Å². The fourth-order valence-corrected chi connectivity index (χ4v) is 3.29. The SMILES string of the molecule is O=C(O)[C@@H]1CC[C@](O)(C#Cc2cccnc2)C[C@H]1c1ccccc1. The molecule has 1 aliphatic carbocycles. The van der Waals surface area contributed by atoms with Gasteiger partial charge in [0.25, 0.3) is 0 Å². The fourth-order valence-electron chi connectivity index (χ4n) is 3.29. The molecule has 0 unspecified atom stereocenters. The minimum atomic E-state index is -1.18. The van der Waals surface area contributed by atoms with Crippen molar-refractivity contribution < 1.29 is 15.0 Å². The van der Waals surface area contributed by atoms with Crippen LogP contribution in [0.4, 0.5) is 0 Å². The average Bonchev–Trinajstić information content (AvgIpc) is 2.61. The standard InChI is InChI=1S/C20H19NO3/c22-19(23)17-9-11-20(24,10-8-15-5-4-12-21-14-15)13-18(17)16-6-2-1-3-7-16/h1-7,12,14,17-18,24H,9,11,13H2,(H,22,23)/t17-,18+,20-/m1/s1. The predicted octanol–water partition coefficient (Wildman–Crippen LogP) is 2.83. The van der Waals surface area contributed by atoms with Crippen molar-refractivity contribution in [3.63, 3.8) is 0 Å². The van der Waals surface area contributed by atoms with Crippen molar-refractivity contribution in [1.82, 2.24) is 4.98 Å². The molecule has 0 bridgehead atoms. The van der Waals surface area contributed by atoms with Crippen molar-refractivity contribution >= 4 is 5.97 Å². The summed E-state index contributed by atoms with van der Waals surface area (Å²) in [6, 6.07) is 13.1. The van der Waals surface area contributed by atoms with Crippen molar-refractivity contribution in [3.05, 3.63) is 66.0 Å². The van der Waals surface area contributed by atoms with Gasteiger partial charge in [-0.15, -0.1) is 0 Å². The molecule has 1 heterocycles. The molecule has 0 amide bonds. The van der Waals surface area contributed by atoms with E-state index in [1.807, 2.05) is 36.4 Å². The Kier molecular flexibility index (Phi) is 4.64. The average molecular weight is 321 g/mol. The Morgan fingerprint density at radius 1 is 1.21 bits per heavy atom. The normalized spacial score (nSPS) is 26.2. The van der Waals surface area contributed by atoms with E-state index in [0.717, 1.165) is 11.1 Å². The number of carboxylic acid groups (broad SMARTS) is 1. The van der Waals surface area contributed by atoms with Crippen molar-refractivity contribution in [2.75, 3.05) is 0 Å². The third kappa shape index (κ3) is 3.64. The molecule has 1 fully saturated rings. The van der Waals surface area contributed by atoms with E-state index in [9.17, 15) is 15.0 Å². The van der Waals surface area contributed by atoms with Gasteiger partial charge in [0.05, 0.1) is 5.92 Å². The van der Waals surface area contributed by atoms with Gasteiger partial charge in [0, 0.05) is 23.9 Å². The quantitative estimate of drug-likeness (QED) is 0.835. The van der Waals surface area contributed by atoms with E-state index >= 15 is 0 Å². The molecule has 4 nitrogen and oxygen atoms in total. The maximum Gasteiger partial charge on any atom is 0.307 e. The number of benzene rings is 1. The zero-order valence-corrected chi connectivity index (χ0v) is 13.2. The maximum absolute atomic E-state index is 11.6. The molecule has 2 aromatic rings. The highest BCUT2D eigenvalue weighted by Gasteiger charge is 2.42. The number of aliphatic hydroxyl groups is 1. The molecule has 1 saturated carbocycles. The highest BCUT2D eigenvalue weighted by Crippen LogP contribution is 2.42. The van der Waals surface area contributed by atoms with E-state index in [1.165, 1.54) is 0 Å². The lowest BCUT2D eigenvalue weighted by Gasteiger charge is -2.37. The highest BCUT2D eigenvalue weighted by atomic mass is 16.4. The van der Waals surface area contributed by atoms with Gasteiger partial charge >= 0.3 is 5.97 Å². The van der Waals surface area contributed by atoms with Crippen molar-refractivity contribution in [2.24, 2.45) is 5.92 Å². The number of carboxylic acids is 1. The summed E-state index contributed by atoms with van der Waals surface area (Å²) in [6.07, 6.45) is 4.41. The summed E-state index contributed by atoms with van der Waals surface area (Å²) in [6.45, 7) is 0. The first-order valence-electron chi connectivity index (χ1n) is 8.01. The monoisotopic (exact) mass is 321 g/mol. The van der Waals surface area contributed by atoms with Crippen LogP contribution in [0.2, 0.25) is 0 Å². The van der Waals surface area contributed by atoms with Crippen LogP contribution in [0.15, 0.2) is 54.9 Å². The second-order valence-electron chi connectivity index (χ2n) is 6.23. The second kappa shape index (κ2) is 6.86. The first-order valence-corrected chi connectivity index (χ1v) is 8.01. The molecule has 24 heavy (non-hydrogen) atoms. The molecule has 1 aromatic heterocycles. The van der Waals surface area contributed by atoms with E-state index in [2.05, 4.69) is 16.8 Å². The molecule has 1 aliphatic rings. The maximum atomic E-state index is 11.6. The van der Waals surface area contributed by atoms with E-state index in [1.54, 1.807) is 18.5 Å². The highest BCUT2D eigenvalue weighted by molar-refractivity contribution is 5.71. The van der Waals surface area contributed by atoms with Crippen molar-refractivity contribution in [1.29, 1.82) is 0 Å². The van der Waals surface area contributed by atoms with E-state index in [0.29, 0.717) is 19.3 Å². The Morgan fingerprint density at radius 3 is 2.67 bits per heavy atom. The molecule has 1 aromatic carbocycles. The Balaban J connectivity index is 1.87. The van der Waals surface area contributed by atoms with Crippen LogP contribution in [0.1, 0.15) is 36.3 Å². The zero-order valence-electron chi connectivity index (χ0n) is 13.2. The molecule has 4 heteroatoms. The number of rotatable bonds is 2. The largest absolute Gasteiger partial charge is 0.481 e. The van der Waals surface area contributed by atoms with Crippen LogP contribution in [-0.4, -0.2) is 26.8 Å². The van der Waals surface area contributed by atoms with Crippen LogP contribution in [0, 0.1) is 17.8 Å². The van der Waals surface area contributed by atoms with Crippen molar-refractivity contribution in [3.8, 4) is 11.8 Å². The number of aliphatic carboxylic acids is 1. The first kappa shape index (κ1) is 16.2. The third-order valence-corrected chi connectivity index (χ3v) is 4.56.